The van der Waals surface area contributed by atoms with E-state index in [2.05, 4.69) is 17.1 Å². The highest BCUT2D eigenvalue weighted by Gasteiger charge is 2.49. The van der Waals surface area contributed by atoms with Gasteiger partial charge in [0, 0.05) is 12.1 Å². The van der Waals surface area contributed by atoms with Gasteiger partial charge in [-0.15, -0.1) is 0 Å². The first-order valence-corrected chi connectivity index (χ1v) is 8.88. The lowest BCUT2D eigenvalue weighted by atomic mass is 9.97. The number of aliphatic carboxylic acids is 1. The van der Waals surface area contributed by atoms with Gasteiger partial charge < -0.3 is 10.0 Å². The lowest BCUT2D eigenvalue weighted by Gasteiger charge is -2.30. The van der Waals surface area contributed by atoms with Crippen LogP contribution in [0.25, 0.3) is 0 Å². The summed E-state index contributed by atoms with van der Waals surface area (Å²) >= 11 is 0. The Hall–Kier alpha value is -0.610. The maximum atomic E-state index is 11.8. The van der Waals surface area contributed by atoms with Crippen LogP contribution in [0.1, 0.15) is 64.7 Å². The van der Waals surface area contributed by atoms with E-state index in [1.807, 2.05) is 0 Å². The zero-order valence-electron chi connectivity index (χ0n) is 13.3. The molecule has 3 aliphatic rings. The third-order valence-electron chi connectivity index (χ3n) is 5.93. The number of nitrogens with zero attached hydrogens (tertiary/aromatic N) is 1. The van der Waals surface area contributed by atoms with Crippen molar-refractivity contribution < 1.29 is 9.90 Å². The average molecular weight is 294 g/mol. The van der Waals surface area contributed by atoms with Crippen molar-refractivity contribution in [1.29, 1.82) is 0 Å². The maximum Gasteiger partial charge on any atom is 0.323 e. The van der Waals surface area contributed by atoms with Gasteiger partial charge in [0.1, 0.15) is 5.54 Å². The van der Waals surface area contributed by atoms with E-state index in [0.717, 1.165) is 38.0 Å². The van der Waals surface area contributed by atoms with Crippen LogP contribution in [-0.2, 0) is 4.79 Å². The van der Waals surface area contributed by atoms with Gasteiger partial charge in [-0.1, -0.05) is 13.3 Å². The summed E-state index contributed by atoms with van der Waals surface area (Å²) in [5.41, 5.74) is -0.637. The molecule has 0 aromatic heterocycles. The van der Waals surface area contributed by atoms with Gasteiger partial charge in [-0.3, -0.25) is 10.1 Å². The Morgan fingerprint density at radius 3 is 2.71 bits per heavy atom. The van der Waals surface area contributed by atoms with Gasteiger partial charge in [0.15, 0.2) is 0 Å². The average Bonchev–Trinajstić information content (AvgIpc) is 3.22. The highest BCUT2D eigenvalue weighted by molar-refractivity contribution is 5.79. The standard InChI is InChI=1S/C17H30N2O2/c1-2-13-4-3-10-19(11-8-13)15-7-9-17(12-15,16(20)21)18-14-5-6-14/h13-15,18H,2-12H2,1H3,(H,20,21). The third-order valence-corrected chi connectivity index (χ3v) is 5.93. The van der Waals surface area contributed by atoms with Crippen molar-refractivity contribution in [2.45, 2.75) is 82.3 Å². The van der Waals surface area contributed by atoms with Gasteiger partial charge in [0.05, 0.1) is 0 Å². The molecular formula is C17H30N2O2. The quantitative estimate of drug-likeness (QED) is 0.818. The molecule has 120 valence electrons. The summed E-state index contributed by atoms with van der Waals surface area (Å²) in [5, 5.41) is 13.2. The van der Waals surface area contributed by atoms with Crippen LogP contribution in [0.5, 0.6) is 0 Å². The highest BCUT2D eigenvalue weighted by Crippen LogP contribution is 2.37. The number of carboxylic acids is 1. The molecule has 2 saturated carbocycles. The molecule has 1 aliphatic heterocycles. The van der Waals surface area contributed by atoms with Gasteiger partial charge in [-0.25, -0.2) is 0 Å². The van der Waals surface area contributed by atoms with Crippen molar-refractivity contribution in [3.8, 4) is 0 Å². The molecule has 4 nitrogen and oxygen atoms in total. The molecule has 21 heavy (non-hydrogen) atoms. The Bertz CT molecular complexity index is 383. The Labute approximate surface area is 128 Å². The number of hydrogen-bond acceptors (Lipinski definition) is 3. The number of nitrogens with one attached hydrogen (secondary N) is 1. The van der Waals surface area contributed by atoms with Gasteiger partial charge in [0.2, 0.25) is 0 Å². The zero-order chi connectivity index (χ0) is 14.9. The molecule has 0 aromatic carbocycles. The van der Waals surface area contributed by atoms with Crippen molar-refractivity contribution >= 4 is 5.97 Å². The van der Waals surface area contributed by atoms with Crippen LogP contribution in [0.4, 0.5) is 0 Å². The van der Waals surface area contributed by atoms with Crippen LogP contribution in [0.15, 0.2) is 0 Å². The first-order chi connectivity index (χ1) is 10.1. The minimum Gasteiger partial charge on any atom is -0.480 e. The number of carboxylic acid groups (broad SMARTS) is 1. The fourth-order valence-corrected chi connectivity index (χ4v) is 4.30. The van der Waals surface area contributed by atoms with E-state index in [0.29, 0.717) is 12.1 Å². The molecular weight excluding hydrogens is 264 g/mol. The fourth-order valence-electron chi connectivity index (χ4n) is 4.30. The van der Waals surface area contributed by atoms with Gasteiger partial charge >= 0.3 is 5.97 Å². The molecule has 2 aliphatic carbocycles. The van der Waals surface area contributed by atoms with Gasteiger partial charge in [0.25, 0.3) is 0 Å². The van der Waals surface area contributed by atoms with Crippen molar-refractivity contribution in [3.63, 3.8) is 0 Å². The molecule has 0 bridgehead atoms. The smallest absolute Gasteiger partial charge is 0.323 e. The lowest BCUT2D eigenvalue weighted by molar-refractivity contribution is -0.145. The number of likely N-dealkylation sites (tertiary alicyclic amines) is 1. The van der Waals surface area contributed by atoms with E-state index >= 15 is 0 Å². The molecule has 0 amide bonds. The van der Waals surface area contributed by atoms with Crippen molar-refractivity contribution in [2.24, 2.45) is 5.92 Å². The number of rotatable bonds is 5. The minimum atomic E-state index is -0.637. The first-order valence-electron chi connectivity index (χ1n) is 8.88. The molecule has 3 fully saturated rings. The Morgan fingerprint density at radius 1 is 1.24 bits per heavy atom. The predicted octanol–water partition coefficient (Wildman–Crippen LogP) is 2.63. The van der Waals surface area contributed by atoms with Gasteiger partial charge in [-0.2, -0.15) is 0 Å². The highest BCUT2D eigenvalue weighted by atomic mass is 16.4. The fraction of sp³-hybridized carbons (Fsp3) is 0.941. The topological polar surface area (TPSA) is 52.6 Å². The van der Waals surface area contributed by atoms with Crippen LogP contribution in [0.2, 0.25) is 0 Å². The number of carbonyl (C=O) groups is 1. The Balaban J connectivity index is 1.60. The van der Waals surface area contributed by atoms with Crippen molar-refractivity contribution in [2.75, 3.05) is 13.1 Å². The van der Waals surface area contributed by atoms with E-state index < -0.39 is 11.5 Å². The maximum absolute atomic E-state index is 11.8. The predicted molar refractivity (Wildman–Crippen MR) is 83.4 cm³/mol. The van der Waals surface area contributed by atoms with E-state index in [1.54, 1.807) is 0 Å². The summed E-state index contributed by atoms with van der Waals surface area (Å²) < 4.78 is 0. The van der Waals surface area contributed by atoms with Crippen LogP contribution in [0.3, 0.4) is 0 Å². The minimum absolute atomic E-state index is 0.466. The van der Waals surface area contributed by atoms with Crippen molar-refractivity contribution in [3.05, 3.63) is 0 Å². The molecule has 1 heterocycles. The summed E-state index contributed by atoms with van der Waals surface area (Å²) in [5.74, 6) is 0.253. The third kappa shape index (κ3) is 3.42. The number of hydrogen-bond donors (Lipinski definition) is 2. The second kappa shape index (κ2) is 6.25. The zero-order valence-corrected chi connectivity index (χ0v) is 13.3. The Kier molecular flexibility index (Phi) is 4.55. The van der Waals surface area contributed by atoms with E-state index in [1.165, 1.54) is 38.8 Å². The normalized spacial score (nSPS) is 38.3. The summed E-state index contributed by atoms with van der Waals surface area (Å²) in [4.78, 5) is 14.4. The molecule has 3 unspecified atom stereocenters. The van der Waals surface area contributed by atoms with Crippen molar-refractivity contribution in [1.82, 2.24) is 10.2 Å². The molecule has 0 spiro atoms. The SMILES string of the molecule is CCC1CCCN(C2CCC(NC3CC3)(C(=O)O)C2)CC1. The monoisotopic (exact) mass is 294 g/mol. The van der Waals surface area contributed by atoms with Crippen LogP contribution in [0, 0.1) is 5.92 Å². The molecule has 0 aromatic rings. The van der Waals surface area contributed by atoms with Crippen LogP contribution in [-0.4, -0.2) is 46.7 Å². The Morgan fingerprint density at radius 2 is 2.05 bits per heavy atom. The molecule has 3 rings (SSSR count). The molecule has 2 N–H and O–H groups in total. The van der Waals surface area contributed by atoms with Gasteiger partial charge in [-0.05, 0) is 70.4 Å². The van der Waals surface area contributed by atoms with E-state index in [9.17, 15) is 9.90 Å². The summed E-state index contributed by atoms with van der Waals surface area (Å²) in [6.45, 7) is 4.63. The summed E-state index contributed by atoms with van der Waals surface area (Å²) in [7, 11) is 0. The van der Waals surface area contributed by atoms with E-state index in [-0.39, 0.29) is 0 Å². The second-order valence-electron chi connectivity index (χ2n) is 7.44. The molecule has 4 heteroatoms. The second-order valence-corrected chi connectivity index (χ2v) is 7.44. The van der Waals surface area contributed by atoms with Crippen LogP contribution < -0.4 is 5.32 Å². The largest absolute Gasteiger partial charge is 0.480 e. The molecule has 3 atom stereocenters. The summed E-state index contributed by atoms with van der Waals surface area (Å²) in [6.07, 6.45) is 10.2. The van der Waals surface area contributed by atoms with Crippen LogP contribution >= 0.6 is 0 Å². The molecule has 0 radical (unpaired) electrons. The molecule has 1 saturated heterocycles. The van der Waals surface area contributed by atoms with E-state index in [4.69, 9.17) is 0 Å². The lowest BCUT2D eigenvalue weighted by Crippen LogP contribution is -2.52. The first kappa shape index (κ1) is 15.3. The summed E-state index contributed by atoms with van der Waals surface area (Å²) in [6, 6.07) is 0.941.